The fourth-order valence-electron chi connectivity index (χ4n) is 2.50. The van der Waals surface area contributed by atoms with Gasteiger partial charge in [-0.15, -0.1) is 0 Å². The maximum absolute atomic E-state index is 13.5. The highest BCUT2D eigenvalue weighted by atomic mass is 32.1. The van der Waals surface area contributed by atoms with Crippen molar-refractivity contribution in [3.8, 4) is 5.75 Å². The molecule has 0 aromatic heterocycles. The number of hydrogen-bond acceptors (Lipinski definition) is 4. The van der Waals surface area contributed by atoms with Gasteiger partial charge in [-0.1, -0.05) is 18.2 Å². The Morgan fingerprint density at radius 3 is 2.58 bits per heavy atom. The molecule has 0 saturated carbocycles. The van der Waals surface area contributed by atoms with E-state index in [4.69, 9.17) is 17.0 Å². The summed E-state index contributed by atoms with van der Waals surface area (Å²) in [5, 5.41) is 2.37. The number of carbonyl (C=O) groups excluding carboxylic acids is 2. The van der Waals surface area contributed by atoms with Crippen LogP contribution in [0.25, 0.3) is 6.08 Å². The molecule has 2 aromatic rings. The van der Waals surface area contributed by atoms with Crippen LogP contribution in [-0.4, -0.2) is 23.5 Å². The molecule has 1 saturated heterocycles. The molecule has 132 valence electrons. The number of hydrogen-bond donors (Lipinski definition) is 1. The van der Waals surface area contributed by atoms with Crippen molar-refractivity contribution in [3.63, 3.8) is 0 Å². The summed E-state index contributed by atoms with van der Waals surface area (Å²) in [7, 11) is 0. The third-order valence-electron chi connectivity index (χ3n) is 3.67. The van der Waals surface area contributed by atoms with Gasteiger partial charge in [0.2, 0.25) is 0 Å². The Hall–Kier alpha value is -3.06. The van der Waals surface area contributed by atoms with Crippen LogP contribution in [0, 0.1) is 5.82 Å². The molecule has 1 N–H and O–H groups in total. The second-order valence-corrected chi connectivity index (χ2v) is 5.83. The predicted molar refractivity (Wildman–Crippen MR) is 100 cm³/mol. The molecular formula is C19H15FN2O3S. The highest BCUT2D eigenvalue weighted by molar-refractivity contribution is 7.80. The van der Waals surface area contributed by atoms with Crippen LogP contribution in [0.5, 0.6) is 5.75 Å². The zero-order chi connectivity index (χ0) is 18.7. The van der Waals surface area contributed by atoms with Crippen LogP contribution in [-0.2, 0) is 9.59 Å². The minimum Gasteiger partial charge on any atom is -0.494 e. The summed E-state index contributed by atoms with van der Waals surface area (Å²) in [5.74, 6) is -1.02. The number of anilines is 1. The van der Waals surface area contributed by atoms with Gasteiger partial charge in [0.05, 0.1) is 12.3 Å². The highest BCUT2D eigenvalue weighted by Crippen LogP contribution is 2.23. The number of carbonyl (C=O) groups is 2. The number of nitrogens with one attached hydrogen (secondary N) is 1. The lowest BCUT2D eigenvalue weighted by Gasteiger charge is -2.28. The summed E-state index contributed by atoms with van der Waals surface area (Å²) in [6.45, 7) is 2.42. The van der Waals surface area contributed by atoms with Gasteiger partial charge in [0, 0.05) is 0 Å². The van der Waals surface area contributed by atoms with Gasteiger partial charge in [-0.2, -0.15) is 0 Å². The first-order valence-corrected chi connectivity index (χ1v) is 8.30. The summed E-state index contributed by atoms with van der Waals surface area (Å²) in [6.07, 6.45) is 1.46. The van der Waals surface area contributed by atoms with Gasteiger partial charge in [-0.3, -0.25) is 19.8 Å². The quantitative estimate of drug-likeness (QED) is 0.511. The molecule has 5 nitrogen and oxygen atoms in total. The molecule has 1 heterocycles. The van der Waals surface area contributed by atoms with Crippen LogP contribution in [0.2, 0.25) is 0 Å². The van der Waals surface area contributed by atoms with E-state index in [9.17, 15) is 14.0 Å². The normalized spacial score (nSPS) is 16.0. The standard InChI is InChI=1S/C19H15FN2O3S/c1-2-25-15-8-6-12(7-9-15)10-16-17(23)21-19(26)22(18(16)24)14-5-3-4-13(20)11-14/h3-11H,2H2,1H3,(H,21,23,26)/b16-10+. The first-order chi connectivity index (χ1) is 12.5. The summed E-state index contributed by atoms with van der Waals surface area (Å²) in [4.78, 5) is 26.1. The molecule has 1 aliphatic heterocycles. The number of rotatable bonds is 4. The third-order valence-corrected chi connectivity index (χ3v) is 3.95. The molecule has 0 bridgehead atoms. The van der Waals surface area contributed by atoms with Crippen LogP contribution in [0.15, 0.2) is 54.1 Å². The van der Waals surface area contributed by atoms with Crippen molar-refractivity contribution in [1.29, 1.82) is 0 Å². The van der Waals surface area contributed by atoms with Crippen molar-refractivity contribution >= 4 is 40.9 Å². The molecule has 2 aromatic carbocycles. The monoisotopic (exact) mass is 370 g/mol. The zero-order valence-electron chi connectivity index (χ0n) is 13.9. The summed E-state index contributed by atoms with van der Waals surface area (Å²) >= 11 is 5.08. The van der Waals surface area contributed by atoms with Crippen LogP contribution in [0.1, 0.15) is 12.5 Å². The van der Waals surface area contributed by atoms with E-state index in [1.807, 2.05) is 6.92 Å². The maximum atomic E-state index is 13.5. The first-order valence-electron chi connectivity index (χ1n) is 7.89. The highest BCUT2D eigenvalue weighted by Gasteiger charge is 2.34. The summed E-state index contributed by atoms with van der Waals surface area (Å²) in [6, 6.07) is 12.4. The van der Waals surface area contributed by atoms with Gasteiger partial charge in [-0.25, -0.2) is 4.39 Å². The molecule has 3 rings (SSSR count). The number of ether oxygens (including phenoxy) is 1. The van der Waals surface area contributed by atoms with Crippen molar-refractivity contribution in [3.05, 3.63) is 65.5 Å². The average Bonchev–Trinajstić information content (AvgIpc) is 2.60. The Labute approximate surface area is 155 Å². The van der Waals surface area contributed by atoms with E-state index in [1.54, 1.807) is 30.3 Å². The fraction of sp³-hybridized carbons (Fsp3) is 0.105. The van der Waals surface area contributed by atoms with E-state index in [2.05, 4.69) is 5.32 Å². The van der Waals surface area contributed by atoms with E-state index >= 15 is 0 Å². The molecule has 0 spiro atoms. The Balaban J connectivity index is 1.94. The third kappa shape index (κ3) is 3.62. The van der Waals surface area contributed by atoms with Crippen LogP contribution >= 0.6 is 12.2 Å². The molecule has 2 amide bonds. The second-order valence-electron chi connectivity index (χ2n) is 5.44. The minimum absolute atomic E-state index is 0.0885. The predicted octanol–water partition coefficient (Wildman–Crippen LogP) is 3.06. The molecular weight excluding hydrogens is 355 g/mol. The number of benzene rings is 2. The van der Waals surface area contributed by atoms with Gasteiger partial charge >= 0.3 is 0 Å². The van der Waals surface area contributed by atoms with Crippen molar-refractivity contribution in [2.75, 3.05) is 11.5 Å². The fourth-order valence-corrected chi connectivity index (χ4v) is 2.78. The van der Waals surface area contributed by atoms with Gasteiger partial charge in [0.1, 0.15) is 17.1 Å². The Morgan fingerprint density at radius 1 is 1.19 bits per heavy atom. The summed E-state index contributed by atoms with van der Waals surface area (Å²) < 4.78 is 18.9. The van der Waals surface area contributed by atoms with Gasteiger partial charge in [0.15, 0.2) is 5.11 Å². The van der Waals surface area contributed by atoms with Crippen molar-refractivity contribution < 1.29 is 18.7 Å². The lowest BCUT2D eigenvalue weighted by molar-refractivity contribution is -0.122. The van der Waals surface area contributed by atoms with E-state index in [0.717, 1.165) is 4.90 Å². The Morgan fingerprint density at radius 2 is 1.92 bits per heavy atom. The van der Waals surface area contributed by atoms with Gasteiger partial charge in [-0.05, 0) is 61.1 Å². The zero-order valence-corrected chi connectivity index (χ0v) is 14.7. The number of amides is 2. The largest absolute Gasteiger partial charge is 0.494 e. The van der Waals surface area contributed by atoms with E-state index in [0.29, 0.717) is 17.9 Å². The van der Waals surface area contributed by atoms with Crippen LogP contribution in [0.4, 0.5) is 10.1 Å². The molecule has 0 radical (unpaired) electrons. The van der Waals surface area contributed by atoms with Crippen molar-refractivity contribution in [2.45, 2.75) is 6.92 Å². The van der Waals surface area contributed by atoms with Crippen LogP contribution < -0.4 is 15.0 Å². The Bertz CT molecular complexity index is 909. The molecule has 0 atom stereocenters. The van der Waals surface area contributed by atoms with Crippen molar-refractivity contribution in [1.82, 2.24) is 5.32 Å². The maximum Gasteiger partial charge on any atom is 0.270 e. The minimum atomic E-state index is -0.613. The van der Waals surface area contributed by atoms with E-state index < -0.39 is 17.6 Å². The average molecular weight is 370 g/mol. The molecule has 26 heavy (non-hydrogen) atoms. The lowest BCUT2D eigenvalue weighted by Crippen LogP contribution is -2.54. The molecule has 1 fully saturated rings. The number of thiocarbonyl (C=S) groups is 1. The topological polar surface area (TPSA) is 58.6 Å². The van der Waals surface area contributed by atoms with Crippen LogP contribution in [0.3, 0.4) is 0 Å². The van der Waals surface area contributed by atoms with Gasteiger partial charge < -0.3 is 4.74 Å². The molecule has 7 heteroatoms. The van der Waals surface area contributed by atoms with E-state index in [1.165, 1.54) is 24.3 Å². The SMILES string of the molecule is CCOc1ccc(/C=C2\C(=O)NC(=S)N(c3cccc(F)c3)C2=O)cc1. The first kappa shape index (κ1) is 17.8. The summed E-state index contributed by atoms with van der Waals surface area (Å²) in [5.41, 5.74) is 0.809. The van der Waals surface area contributed by atoms with Gasteiger partial charge in [0.25, 0.3) is 11.8 Å². The molecule has 0 aliphatic carbocycles. The van der Waals surface area contributed by atoms with Crippen molar-refractivity contribution in [2.24, 2.45) is 0 Å². The second kappa shape index (κ2) is 7.45. The number of halogens is 1. The molecule has 0 unspecified atom stereocenters. The lowest BCUT2D eigenvalue weighted by atomic mass is 10.1. The Kier molecular flexibility index (Phi) is 5.09. The smallest absolute Gasteiger partial charge is 0.270 e. The molecule has 1 aliphatic rings. The van der Waals surface area contributed by atoms with E-state index in [-0.39, 0.29) is 16.4 Å². The number of nitrogens with zero attached hydrogens (tertiary/aromatic N) is 1.